The van der Waals surface area contributed by atoms with Crippen molar-refractivity contribution in [2.24, 2.45) is 0 Å². The average Bonchev–Trinajstić information content (AvgIpc) is 2.83. The van der Waals surface area contributed by atoms with Gasteiger partial charge < -0.3 is 14.6 Å². The van der Waals surface area contributed by atoms with Gasteiger partial charge in [-0.1, -0.05) is 24.3 Å². The van der Waals surface area contributed by atoms with E-state index in [-0.39, 0.29) is 12.9 Å². The van der Waals surface area contributed by atoms with E-state index in [1.807, 2.05) is 12.1 Å². The molecular weight excluding hydrogens is 204 g/mol. The lowest BCUT2D eigenvalue weighted by Gasteiger charge is -2.08. The lowest BCUT2D eigenvalue weighted by atomic mass is 10.1. The Morgan fingerprint density at radius 3 is 2.31 bits per heavy atom. The first kappa shape index (κ1) is 11.6. The van der Waals surface area contributed by atoms with Crippen LogP contribution in [-0.4, -0.2) is 24.6 Å². The fraction of sp³-hybridized carbons (Fsp3) is 0.538. The minimum absolute atomic E-state index is 0.0108. The van der Waals surface area contributed by atoms with E-state index in [9.17, 15) is 0 Å². The predicted molar refractivity (Wildman–Crippen MR) is 61.0 cm³/mol. The lowest BCUT2D eigenvalue weighted by molar-refractivity contribution is -0.0475. The smallest absolute Gasteiger partial charge is 0.157 e. The first-order valence-electron chi connectivity index (χ1n) is 5.80. The Kier molecular flexibility index (Phi) is 4.34. The maximum atomic E-state index is 8.92. The Bertz CT molecular complexity index is 301. The standard InChI is InChI=1S/C13H18O3/c14-10-12-6-4-11(5-7-12)2-1-3-13-15-8-9-16-13/h4-7,13-14H,1-3,8-10H2. The Morgan fingerprint density at radius 2 is 1.69 bits per heavy atom. The highest BCUT2D eigenvalue weighted by molar-refractivity contribution is 5.21. The maximum Gasteiger partial charge on any atom is 0.157 e. The lowest BCUT2D eigenvalue weighted by Crippen LogP contribution is -2.07. The zero-order chi connectivity index (χ0) is 11.2. The summed E-state index contributed by atoms with van der Waals surface area (Å²) in [7, 11) is 0. The predicted octanol–water partition coefficient (Wildman–Crippen LogP) is 1.87. The van der Waals surface area contributed by atoms with Gasteiger partial charge in [0.15, 0.2) is 6.29 Å². The van der Waals surface area contributed by atoms with Crippen LogP contribution < -0.4 is 0 Å². The minimum atomic E-state index is 0.0108. The van der Waals surface area contributed by atoms with Crippen LogP contribution in [0.15, 0.2) is 24.3 Å². The summed E-state index contributed by atoms with van der Waals surface area (Å²) in [4.78, 5) is 0. The molecule has 0 radical (unpaired) electrons. The summed E-state index contributed by atoms with van der Waals surface area (Å²) < 4.78 is 10.7. The summed E-state index contributed by atoms with van der Waals surface area (Å²) >= 11 is 0. The summed E-state index contributed by atoms with van der Waals surface area (Å²) in [5.41, 5.74) is 2.27. The van der Waals surface area contributed by atoms with Crippen LogP contribution >= 0.6 is 0 Å². The van der Waals surface area contributed by atoms with Crippen LogP contribution in [0.25, 0.3) is 0 Å². The molecule has 1 heterocycles. The summed E-state index contributed by atoms with van der Waals surface area (Å²) in [6.07, 6.45) is 3.08. The number of aliphatic hydroxyl groups excluding tert-OH is 1. The highest BCUT2D eigenvalue weighted by Crippen LogP contribution is 2.13. The molecule has 0 saturated carbocycles. The number of rotatable bonds is 5. The number of aryl methyl sites for hydroxylation is 1. The minimum Gasteiger partial charge on any atom is -0.392 e. The van der Waals surface area contributed by atoms with Crippen LogP contribution in [0.3, 0.4) is 0 Å². The van der Waals surface area contributed by atoms with Crippen molar-refractivity contribution in [1.29, 1.82) is 0 Å². The molecular formula is C13H18O3. The van der Waals surface area contributed by atoms with Crippen molar-refractivity contribution in [1.82, 2.24) is 0 Å². The summed E-state index contributed by atoms with van der Waals surface area (Å²) in [5, 5.41) is 8.92. The first-order chi connectivity index (χ1) is 7.88. The molecule has 1 fully saturated rings. The van der Waals surface area contributed by atoms with Crippen molar-refractivity contribution >= 4 is 0 Å². The molecule has 1 aromatic rings. The van der Waals surface area contributed by atoms with Crippen LogP contribution in [0.2, 0.25) is 0 Å². The second kappa shape index (κ2) is 5.99. The van der Waals surface area contributed by atoms with Gasteiger partial charge in [-0.25, -0.2) is 0 Å². The number of benzene rings is 1. The molecule has 1 N–H and O–H groups in total. The third-order valence-corrected chi connectivity index (χ3v) is 2.80. The van der Waals surface area contributed by atoms with Gasteiger partial charge in [0.25, 0.3) is 0 Å². The molecule has 1 aliphatic heterocycles. The third-order valence-electron chi connectivity index (χ3n) is 2.80. The summed E-state index contributed by atoms with van der Waals surface area (Å²) in [5.74, 6) is 0. The largest absolute Gasteiger partial charge is 0.392 e. The quantitative estimate of drug-likeness (QED) is 0.826. The fourth-order valence-electron chi connectivity index (χ4n) is 1.86. The van der Waals surface area contributed by atoms with Crippen molar-refractivity contribution < 1.29 is 14.6 Å². The van der Waals surface area contributed by atoms with Gasteiger partial charge in [-0.05, 0) is 30.4 Å². The second-order valence-electron chi connectivity index (χ2n) is 4.04. The van der Waals surface area contributed by atoms with Crippen LogP contribution in [-0.2, 0) is 22.5 Å². The van der Waals surface area contributed by atoms with Crippen molar-refractivity contribution in [2.45, 2.75) is 32.2 Å². The third kappa shape index (κ3) is 3.30. The Morgan fingerprint density at radius 1 is 1.06 bits per heavy atom. The fourth-order valence-corrected chi connectivity index (χ4v) is 1.86. The zero-order valence-corrected chi connectivity index (χ0v) is 9.39. The number of ether oxygens (including phenoxy) is 2. The van der Waals surface area contributed by atoms with Crippen molar-refractivity contribution in [3.8, 4) is 0 Å². The van der Waals surface area contributed by atoms with E-state index in [4.69, 9.17) is 14.6 Å². The van der Waals surface area contributed by atoms with E-state index in [1.54, 1.807) is 0 Å². The van der Waals surface area contributed by atoms with Crippen LogP contribution in [0.5, 0.6) is 0 Å². The SMILES string of the molecule is OCc1ccc(CCCC2OCCO2)cc1. The Hall–Kier alpha value is -0.900. The van der Waals surface area contributed by atoms with Crippen LogP contribution in [0.4, 0.5) is 0 Å². The van der Waals surface area contributed by atoms with Gasteiger partial charge >= 0.3 is 0 Å². The van der Waals surface area contributed by atoms with Gasteiger partial charge in [-0.2, -0.15) is 0 Å². The Balaban J connectivity index is 1.71. The molecule has 88 valence electrons. The van der Waals surface area contributed by atoms with Gasteiger partial charge in [-0.15, -0.1) is 0 Å². The van der Waals surface area contributed by atoms with E-state index >= 15 is 0 Å². The van der Waals surface area contributed by atoms with E-state index in [0.29, 0.717) is 0 Å². The van der Waals surface area contributed by atoms with E-state index in [2.05, 4.69) is 12.1 Å². The van der Waals surface area contributed by atoms with Crippen molar-refractivity contribution in [2.75, 3.05) is 13.2 Å². The van der Waals surface area contributed by atoms with Gasteiger partial charge in [-0.3, -0.25) is 0 Å². The number of hydrogen-bond acceptors (Lipinski definition) is 3. The number of hydrogen-bond donors (Lipinski definition) is 1. The summed E-state index contributed by atoms with van der Waals surface area (Å²) in [6.45, 7) is 1.58. The molecule has 0 atom stereocenters. The molecule has 16 heavy (non-hydrogen) atoms. The van der Waals surface area contributed by atoms with E-state index in [0.717, 1.165) is 38.0 Å². The van der Waals surface area contributed by atoms with E-state index in [1.165, 1.54) is 5.56 Å². The molecule has 3 nitrogen and oxygen atoms in total. The molecule has 0 bridgehead atoms. The Labute approximate surface area is 96.0 Å². The molecule has 1 saturated heterocycles. The molecule has 0 aromatic heterocycles. The van der Waals surface area contributed by atoms with Gasteiger partial charge in [0.1, 0.15) is 0 Å². The van der Waals surface area contributed by atoms with Gasteiger partial charge in [0.2, 0.25) is 0 Å². The highest BCUT2D eigenvalue weighted by atomic mass is 16.7. The zero-order valence-electron chi connectivity index (χ0n) is 9.39. The normalized spacial score (nSPS) is 16.8. The molecule has 1 aliphatic rings. The monoisotopic (exact) mass is 222 g/mol. The second-order valence-corrected chi connectivity index (χ2v) is 4.04. The topological polar surface area (TPSA) is 38.7 Å². The summed E-state index contributed by atoms with van der Waals surface area (Å²) in [6, 6.07) is 8.08. The van der Waals surface area contributed by atoms with Gasteiger partial charge in [0, 0.05) is 0 Å². The molecule has 0 spiro atoms. The molecule has 0 unspecified atom stereocenters. The highest BCUT2D eigenvalue weighted by Gasteiger charge is 2.14. The number of aliphatic hydroxyl groups is 1. The molecule has 0 aliphatic carbocycles. The van der Waals surface area contributed by atoms with Crippen molar-refractivity contribution in [3.63, 3.8) is 0 Å². The van der Waals surface area contributed by atoms with Crippen molar-refractivity contribution in [3.05, 3.63) is 35.4 Å². The molecule has 3 heteroatoms. The maximum absolute atomic E-state index is 8.92. The first-order valence-corrected chi connectivity index (χ1v) is 5.80. The molecule has 0 amide bonds. The molecule has 2 rings (SSSR count). The molecule has 1 aromatic carbocycles. The van der Waals surface area contributed by atoms with Crippen LogP contribution in [0, 0.1) is 0 Å². The van der Waals surface area contributed by atoms with Gasteiger partial charge in [0.05, 0.1) is 19.8 Å². The van der Waals surface area contributed by atoms with Crippen LogP contribution in [0.1, 0.15) is 24.0 Å². The average molecular weight is 222 g/mol. The van der Waals surface area contributed by atoms with E-state index < -0.39 is 0 Å².